The molecule has 2 heterocycles. The highest BCUT2D eigenvalue weighted by molar-refractivity contribution is 6.10. The van der Waals surface area contributed by atoms with Gasteiger partial charge in [0, 0.05) is 33.0 Å². The van der Waals surface area contributed by atoms with Gasteiger partial charge in [-0.2, -0.15) is 79.0 Å². The normalized spacial score (nSPS) is 16.5. The molecule has 0 spiro atoms. The van der Waals surface area contributed by atoms with Crippen molar-refractivity contribution in [3.8, 4) is 51.0 Å². The van der Waals surface area contributed by atoms with Crippen LogP contribution in [-0.4, -0.2) is 44.2 Å². The number of benzene rings is 6. The number of hydrogen-bond donors (Lipinski definition) is 0. The van der Waals surface area contributed by atoms with Gasteiger partial charge < -0.3 is 4.57 Å². The molecule has 0 aliphatic heterocycles. The summed E-state index contributed by atoms with van der Waals surface area (Å²) in [6.07, 6.45) is -33.3. The lowest BCUT2D eigenvalue weighted by atomic mass is 9.91. The molecule has 10 rings (SSSR count). The molecule has 0 unspecified atom stereocenters. The average molecular weight is 1110 g/mol. The van der Waals surface area contributed by atoms with Crippen LogP contribution in [0, 0.1) is 0 Å². The fraction of sp³-hybridized carbons (Fsp3) is 0.140. The Morgan fingerprint density at radius 2 is 0.759 bits per heavy atom. The largest absolute Gasteiger partial charge is 0.416 e. The van der Waals surface area contributed by atoms with Gasteiger partial charge in [0.05, 0.1) is 50.1 Å². The van der Waals surface area contributed by atoms with Crippen molar-refractivity contribution in [1.29, 1.82) is 0 Å². The first kappa shape index (κ1) is 53.9. The van der Waals surface area contributed by atoms with E-state index < -0.39 is 111 Å². The Labute approximate surface area is 433 Å². The zero-order valence-corrected chi connectivity index (χ0v) is 39.5. The number of allylic oxidation sites excluding steroid dienone is 8. The Balaban J connectivity index is 1.37. The highest BCUT2D eigenvalue weighted by Crippen LogP contribution is 2.46. The van der Waals surface area contributed by atoms with E-state index in [2.05, 4.69) is 15.0 Å². The fourth-order valence-electron chi connectivity index (χ4n) is 9.50. The lowest BCUT2D eigenvalue weighted by molar-refractivity contribution is -0.143. The van der Waals surface area contributed by atoms with E-state index >= 15 is 0 Å². The SMILES string of the molecule is FC(F)(F)C1=CCC(=c2ccc3c4ccc(=C5CC=C(C(F)(F)F)C=C5C(F)(F)F)cc4n(-c4cc(-c5nc(-c6ccccc6)nc(-c6ccccc6)n5)ccc4-c4cc(C(F)(F)F)cc(C(F)(F)F)c4)c3c2)C(C(F)(F)F)=C1. The van der Waals surface area contributed by atoms with Crippen LogP contribution in [-0.2, 0) is 12.4 Å². The second-order valence-corrected chi connectivity index (χ2v) is 18.2. The van der Waals surface area contributed by atoms with E-state index in [1.807, 2.05) is 0 Å². The Kier molecular flexibility index (Phi) is 13.1. The molecule has 0 saturated carbocycles. The molecular formula is C57H30F18N4. The van der Waals surface area contributed by atoms with E-state index in [9.17, 15) is 79.0 Å². The minimum atomic E-state index is -5.42. The van der Waals surface area contributed by atoms with Crippen LogP contribution in [0.4, 0.5) is 79.0 Å². The van der Waals surface area contributed by atoms with Gasteiger partial charge in [0.15, 0.2) is 17.5 Å². The van der Waals surface area contributed by atoms with Gasteiger partial charge in [-0.3, -0.25) is 0 Å². The van der Waals surface area contributed by atoms with Gasteiger partial charge in [0.1, 0.15) is 0 Å². The van der Waals surface area contributed by atoms with Crippen LogP contribution in [0.15, 0.2) is 180 Å². The third-order valence-corrected chi connectivity index (χ3v) is 13.1. The minimum Gasteiger partial charge on any atom is -0.309 e. The molecule has 2 aliphatic rings. The summed E-state index contributed by atoms with van der Waals surface area (Å²) in [7, 11) is 0. The molecule has 0 fully saturated rings. The number of halogens is 18. The summed E-state index contributed by atoms with van der Waals surface area (Å²) in [5, 5.41) is -0.723. The topological polar surface area (TPSA) is 43.6 Å². The third kappa shape index (κ3) is 10.7. The Bertz CT molecular complexity index is 3790. The number of rotatable bonds is 5. The fourth-order valence-corrected chi connectivity index (χ4v) is 9.50. The van der Waals surface area contributed by atoms with Crippen molar-refractivity contribution < 1.29 is 79.0 Å². The second-order valence-electron chi connectivity index (χ2n) is 18.2. The molecule has 0 N–H and O–H groups in total. The molecule has 0 saturated heterocycles. The lowest BCUT2D eigenvalue weighted by Crippen LogP contribution is -2.23. The van der Waals surface area contributed by atoms with E-state index in [0.29, 0.717) is 35.4 Å². The van der Waals surface area contributed by atoms with E-state index in [0.717, 1.165) is 34.9 Å². The quantitative estimate of drug-likeness (QED) is 0.161. The van der Waals surface area contributed by atoms with Crippen molar-refractivity contribution in [2.45, 2.75) is 49.9 Å². The predicted octanol–water partition coefficient (Wildman–Crippen LogP) is 16.7. The van der Waals surface area contributed by atoms with Crippen LogP contribution in [0.5, 0.6) is 0 Å². The maximum absolute atomic E-state index is 14.8. The molecule has 0 bridgehead atoms. The molecule has 0 radical (unpaired) electrons. The molecule has 2 aromatic heterocycles. The van der Waals surface area contributed by atoms with Gasteiger partial charge in [-0.1, -0.05) is 109 Å². The maximum atomic E-state index is 14.8. The van der Waals surface area contributed by atoms with Crippen LogP contribution >= 0.6 is 0 Å². The molecule has 79 heavy (non-hydrogen) atoms. The van der Waals surface area contributed by atoms with Crippen LogP contribution in [0.3, 0.4) is 0 Å². The molecule has 2 aliphatic carbocycles. The summed E-state index contributed by atoms with van der Waals surface area (Å²) in [4.78, 5) is 14.0. The highest BCUT2D eigenvalue weighted by atomic mass is 19.4. The summed E-state index contributed by atoms with van der Waals surface area (Å²) in [5.74, 6) is -0.0384. The molecule has 22 heteroatoms. The third-order valence-electron chi connectivity index (χ3n) is 13.1. The predicted molar refractivity (Wildman–Crippen MR) is 258 cm³/mol. The summed E-state index contributed by atoms with van der Waals surface area (Å²) >= 11 is 0. The van der Waals surface area contributed by atoms with Gasteiger partial charge in [0.2, 0.25) is 0 Å². The van der Waals surface area contributed by atoms with Gasteiger partial charge >= 0.3 is 37.1 Å². The van der Waals surface area contributed by atoms with E-state index in [1.165, 1.54) is 24.3 Å². The number of nitrogens with zero attached hydrogens (tertiary/aromatic N) is 4. The number of aromatic nitrogens is 4. The summed E-state index contributed by atoms with van der Waals surface area (Å²) in [5.41, 5.74) is -12.9. The molecule has 4 nitrogen and oxygen atoms in total. The molecule has 0 amide bonds. The van der Waals surface area contributed by atoms with Crippen molar-refractivity contribution in [2.24, 2.45) is 0 Å². The molecule has 6 aromatic carbocycles. The van der Waals surface area contributed by atoms with Crippen molar-refractivity contribution >= 4 is 33.0 Å². The van der Waals surface area contributed by atoms with Crippen molar-refractivity contribution in [1.82, 2.24) is 19.5 Å². The summed E-state index contributed by atoms with van der Waals surface area (Å²) in [6, 6.07) is 27.5. The van der Waals surface area contributed by atoms with Crippen LogP contribution in [0.2, 0.25) is 0 Å². The second kappa shape index (κ2) is 19.2. The first-order valence-electron chi connectivity index (χ1n) is 23.2. The molecule has 0 atom stereocenters. The van der Waals surface area contributed by atoms with E-state index in [-0.39, 0.29) is 73.5 Å². The zero-order chi connectivity index (χ0) is 56.8. The van der Waals surface area contributed by atoms with Gasteiger partial charge in [-0.15, -0.1) is 0 Å². The Hall–Kier alpha value is -8.43. The molecular weight excluding hydrogens is 1080 g/mol. The smallest absolute Gasteiger partial charge is 0.309 e. The van der Waals surface area contributed by atoms with Crippen LogP contribution < -0.4 is 10.4 Å². The van der Waals surface area contributed by atoms with E-state index in [4.69, 9.17) is 0 Å². The number of alkyl halides is 18. The van der Waals surface area contributed by atoms with Crippen molar-refractivity contribution in [3.63, 3.8) is 0 Å². The molecule has 8 aromatic rings. The van der Waals surface area contributed by atoms with Gasteiger partial charge in [-0.05, 0) is 88.5 Å². The standard InChI is InChI=1S/C57H30F18N4/c58-52(59,60)35-14-19-39(44(27-35)56(70,71)72)31-11-17-42-43-18-12-32(40-20-15-36(53(61,62)63)28-45(40)57(73,74)75)24-48(43)79(47(42)23-31)46-25-33(13-16-41(46)34-21-37(54(64,65)66)26-38(22-34)55(67,68)69)51-77-49(29-7-3-1-4-8-29)76-50(78-51)30-9-5-2-6-10-30/h1-18,21-28H,19-20H2. The first-order chi connectivity index (χ1) is 36.9. The van der Waals surface area contributed by atoms with Crippen molar-refractivity contribution in [3.05, 3.63) is 202 Å². The minimum absolute atomic E-state index is 0.0273. The monoisotopic (exact) mass is 1110 g/mol. The number of fused-ring (bicyclic) bond motifs is 3. The lowest BCUT2D eigenvalue weighted by Gasteiger charge is -2.21. The Morgan fingerprint density at radius 1 is 0.354 bits per heavy atom. The zero-order valence-electron chi connectivity index (χ0n) is 39.5. The summed E-state index contributed by atoms with van der Waals surface area (Å²) in [6.45, 7) is 0. The number of hydrogen-bond acceptors (Lipinski definition) is 3. The highest BCUT2D eigenvalue weighted by Gasteiger charge is 2.44. The molecule has 404 valence electrons. The Morgan fingerprint density at radius 3 is 1.14 bits per heavy atom. The van der Waals surface area contributed by atoms with Crippen LogP contribution in [0.25, 0.3) is 83.9 Å². The van der Waals surface area contributed by atoms with Gasteiger partial charge in [-0.25, -0.2) is 15.0 Å². The maximum Gasteiger partial charge on any atom is 0.416 e. The average Bonchev–Trinajstić information content (AvgIpc) is 3.98. The summed E-state index contributed by atoms with van der Waals surface area (Å²) < 4.78 is 261. The van der Waals surface area contributed by atoms with E-state index in [1.54, 1.807) is 60.7 Å². The van der Waals surface area contributed by atoms with Crippen LogP contribution in [0.1, 0.15) is 24.0 Å². The van der Waals surface area contributed by atoms with Crippen molar-refractivity contribution in [2.75, 3.05) is 0 Å². The van der Waals surface area contributed by atoms with Gasteiger partial charge in [0.25, 0.3) is 0 Å². The first-order valence-corrected chi connectivity index (χ1v) is 23.2.